The Bertz CT molecular complexity index is 251. The molecular formula is C14H28N2O. The van der Waals surface area contributed by atoms with Crippen molar-refractivity contribution in [1.82, 2.24) is 5.32 Å². The van der Waals surface area contributed by atoms with Gasteiger partial charge in [0.25, 0.3) is 0 Å². The molecule has 1 rings (SSSR count). The second kappa shape index (κ2) is 6.39. The molecule has 0 aromatic carbocycles. The molecule has 3 N–H and O–H groups in total. The summed E-state index contributed by atoms with van der Waals surface area (Å²) in [6.07, 6.45) is 4.87. The number of hydrogen-bond donors (Lipinski definition) is 2. The lowest BCUT2D eigenvalue weighted by atomic mass is 9.77. The van der Waals surface area contributed by atoms with Crippen molar-refractivity contribution in [3.8, 4) is 0 Å². The molecule has 3 nitrogen and oxygen atoms in total. The quantitative estimate of drug-likeness (QED) is 0.792. The fourth-order valence-corrected chi connectivity index (χ4v) is 2.72. The number of carbonyl (C=O) groups excluding carboxylic acids is 1. The number of amides is 1. The molecule has 0 saturated heterocycles. The Morgan fingerprint density at radius 2 is 1.76 bits per heavy atom. The zero-order chi connectivity index (χ0) is 13.0. The molecule has 0 aliphatic heterocycles. The van der Waals surface area contributed by atoms with Crippen molar-refractivity contribution in [2.45, 2.75) is 65.5 Å². The van der Waals surface area contributed by atoms with Crippen LogP contribution in [0.25, 0.3) is 0 Å². The first-order chi connectivity index (χ1) is 7.93. The van der Waals surface area contributed by atoms with E-state index < -0.39 is 0 Å². The van der Waals surface area contributed by atoms with Gasteiger partial charge >= 0.3 is 0 Å². The van der Waals surface area contributed by atoms with Crippen molar-refractivity contribution in [3.63, 3.8) is 0 Å². The molecule has 0 aromatic heterocycles. The largest absolute Gasteiger partial charge is 0.352 e. The van der Waals surface area contributed by atoms with Crippen molar-refractivity contribution in [2.24, 2.45) is 23.5 Å². The Kier molecular flexibility index (Phi) is 5.44. The van der Waals surface area contributed by atoms with Crippen LogP contribution in [0, 0.1) is 17.8 Å². The summed E-state index contributed by atoms with van der Waals surface area (Å²) in [5.41, 5.74) is 5.89. The van der Waals surface area contributed by atoms with Crippen molar-refractivity contribution in [1.29, 1.82) is 0 Å². The molecule has 1 fully saturated rings. The Balaban J connectivity index is 2.56. The van der Waals surface area contributed by atoms with E-state index in [0.717, 1.165) is 6.42 Å². The maximum Gasteiger partial charge on any atom is 0.237 e. The Hall–Kier alpha value is -0.570. The lowest BCUT2D eigenvalue weighted by Gasteiger charge is -2.35. The van der Waals surface area contributed by atoms with E-state index in [9.17, 15) is 4.79 Å². The van der Waals surface area contributed by atoms with Gasteiger partial charge in [0.1, 0.15) is 0 Å². The summed E-state index contributed by atoms with van der Waals surface area (Å²) in [7, 11) is 0. The molecule has 0 radical (unpaired) electrons. The molecule has 1 saturated carbocycles. The minimum absolute atomic E-state index is 0.0255. The van der Waals surface area contributed by atoms with Gasteiger partial charge in [-0.3, -0.25) is 4.79 Å². The molecule has 3 atom stereocenters. The summed E-state index contributed by atoms with van der Waals surface area (Å²) >= 11 is 0. The highest BCUT2D eigenvalue weighted by Gasteiger charge is 2.30. The van der Waals surface area contributed by atoms with E-state index in [1.165, 1.54) is 19.3 Å². The lowest BCUT2D eigenvalue weighted by Crippen LogP contribution is -2.51. The van der Waals surface area contributed by atoms with Crippen LogP contribution < -0.4 is 11.1 Å². The summed E-state index contributed by atoms with van der Waals surface area (Å²) in [5, 5.41) is 3.17. The molecule has 0 heterocycles. The van der Waals surface area contributed by atoms with Gasteiger partial charge in [-0.15, -0.1) is 0 Å². The predicted molar refractivity (Wildman–Crippen MR) is 71.5 cm³/mol. The van der Waals surface area contributed by atoms with Crippen LogP contribution in [0.1, 0.15) is 53.4 Å². The van der Waals surface area contributed by atoms with Crippen molar-refractivity contribution < 1.29 is 4.79 Å². The summed E-state index contributed by atoms with van der Waals surface area (Å²) in [4.78, 5) is 12.0. The third-order valence-corrected chi connectivity index (χ3v) is 4.02. The molecule has 1 amide bonds. The number of nitrogens with one attached hydrogen (secondary N) is 1. The summed E-state index contributed by atoms with van der Waals surface area (Å²) in [5.74, 6) is 1.48. The van der Waals surface area contributed by atoms with Crippen molar-refractivity contribution >= 4 is 5.91 Å². The first-order valence-electron chi connectivity index (χ1n) is 6.99. The number of nitrogens with two attached hydrogens (primary N) is 1. The Morgan fingerprint density at radius 3 is 2.29 bits per heavy atom. The molecule has 1 aliphatic rings. The molecule has 3 heteroatoms. The third-order valence-electron chi connectivity index (χ3n) is 4.02. The number of hydrogen-bond acceptors (Lipinski definition) is 2. The van der Waals surface area contributed by atoms with E-state index in [4.69, 9.17) is 5.73 Å². The fourth-order valence-electron chi connectivity index (χ4n) is 2.72. The standard InChI is InChI=1S/C14H28N2O/c1-9(2)11-7-5-6-8-12(11)16-14(17)13(15)10(3)4/h9-13H,5-8,15H2,1-4H3,(H,16,17)/t11?,12?,13-/m0/s1. The maximum atomic E-state index is 12.0. The van der Waals surface area contributed by atoms with Gasteiger partial charge in [-0.05, 0) is 30.6 Å². The molecule has 0 bridgehead atoms. The monoisotopic (exact) mass is 240 g/mol. The highest BCUT2D eigenvalue weighted by molar-refractivity contribution is 5.82. The van der Waals surface area contributed by atoms with E-state index in [-0.39, 0.29) is 17.9 Å². The Labute approximate surface area is 106 Å². The van der Waals surface area contributed by atoms with E-state index in [0.29, 0.717) is 17.9 Å². The van der Waals surface area contributed by atoms with Gasteiger partial charge in [0.15, 0.2) is 0 Å². The van der Waals surface area contributed by atoms with Gasteiger partial charge in [0, 0.05) is 6.04 Å². The van der Waals surface area contributed by atoms with Crippen LogP contribution in [0.5, 0.6) is 0 Å². The van der Waals surface area contributed by atoms with Crippen molar-refractivity contribution in [2.75, 3.05) is 0 Å². The zero-order valence-electron chi connectivity index (χ0n) is 11.7. The smallest absolute Gasteiger partial charge is 0.237 e. The SMILES string of the molecule is CC(C)C1CCCCC1NC(=O)[C@@H](N)C(C)C. The minimum atomic E-state index is -0.371. The third kappa shape index (κ3) is 3.98. The first-order valence-corrected chi connectivity index (χ1v) is 6.99. The predicted octanol–water partition coefficient (Wildman–Crippen LogP) is 2.30. The second-order valence-electron chi connectivity index (χ2n) is 6.08. The summed E-state index contributed by atoms with van der Waals surface area (Å²) < 4.78 is 0. The molecule has 0 spiro atoms. The van der Waals surface area contributed by atoms with Gasteiger partial charge in [-0.1, -0.05) is 40.5 Å². The molecule has 2 unspecified atom stereocenters. The van der Waals surface area contributed by atoms with Gasteiger partial charge in [-0.2, -0.15) is 0 Å². The molecule has 100 valence electrons. The van der Waals surface area contributed by atoms with Crippen molar-refractivity contribution in [3.05, 3.63) is 0 Å². The molecule has 17 heavy (non-hydrogen) atoms. The van der Waals surface area contributed by atoms with E-state index in [2.05, 4.69) is 19.2 Å². The zero-order valence-corrected chi connectivity index (χ0v) is 11.7. The van der Waals surface area contributed by atoms with Gasteiger partial charge < -0.3 is 11.1 Å². The van der Waals surface area contributed by atoms with E-state index >= 15 is 0 Å². The number of rotatable bonds is 4. The highest BCUT2D eigenvalue weighted by Crippen LogP contribution is 2.30. The highest BCUT2D eigenvalue weighted by atomic mass is 16.2. The summed E-state index contributed by atoms with van der Waals surface area (Å²) in [6.45, 7) is 8.48. The van der Waals surface area contributed by atoms with Crippen LogP contribution in [0.15, 0.2) is 0 Å². The van der Waals surface area contributed by atoms with Crippen LogP contribution in [0.2, 0.25) is 0 Å². The van der Waals surface area contributed by atoms with Crippen LogP contribution in [0.3, 0.4) is 0 Å². The maximum absolute atomic E-state index is 12.0. The molecule has 0 aromatic rings. The van der Waals surface area contributed by atoms with Crippen LogP contribution in [0.4, 0.5) is 0 Å². The minimum Gasteiger partial charge on any atom is -0.352 e. The Morgan fingerprint density at radius 1 is 1.18 bits per heavy atom. The summed E-state index contributed by atoms with van der Waals surface area (Å²) in [6, 6.07) is -0.0363. The van der Waals surface area contributed by atoms with Gasteiger partial charge in [0.05, 0.1) is 6.04 Å². The van der Waals surface area contributed by atoms with Gasteiger partial charge in [-0.25, -0.2) is 0 Å². The molecular weight excluding hydrogens is 212 g/mol. The van der Waals surface area contributed by atoms with Crippen LogP contribution in [-0.2, 0) is 4.79 Å². The second-order valence-corrected chi connectivity index (χ2v) is 6.08. The van der Waals surface area contributed by atoms with E-state index in [1.807, 2.05) is 13.8 Å². The topological polar surface area (TPSA) is 55.1 Å². The lowest BCUT2D eigenvalue weighted by molar-refractivity contribution is -0.124. The van der Waals surface area contributed by atoms with E-state index in [1.54, 1.807) is 0 Å². The van der Waals surface area contributed by atoms with Crippen LogP contribution >= 0.6 is 0 Å². The van der Waals surface area contributed by atoms with Crippen LogP contribution in [-0.4, -0.2) is 18.0 Å². The first kappa shape index (κ1) is 14.5. The normalized spacial score (nSPS) is 27.2. The molecule has 1 aliphatic carbocycles. The fraction of sp³-hybridized carbons (Fsp3) is 0.929. The number of carbonyl (C=O) groups is 1. The average Bonchev–Trinajstić information content (AvgIpc) is 2.28. The van der Waals surface area contributed by atoms with Gasteiger partial charge in [0.2, 0.25) is 5.91 Å². The average molecular weight is 240 g/mol.